The third kappa shape index (κ3) is 1.66. The van der Waals surface area contributed by atoms with Crippen LogP contribution in [0.5, 0.6) is 0 Å². The van der Waals surface area contributed by atoms with E-state index < -0.39 is 0 Å². The summed E-state index contributed by atoms with van der Waals surface area (Å²) in [4.78, 5) is 0. The van der Waals surface area contributed by atoms with Crippen molar-refractivity contribution in [2.45, 2.75) is 32.1 Å². The van der Waals surface area contributed by atoms with Gasteiger partial charge in [0.15, 0.2) is 0 Å². The molecule has 1 saturated carbocycles. The normalized spacial score (nSPS) is 16.8. The molecule has 1 aliphatic carbocycles. The SMILES string of the molecule is Cc1cccc(-n2ccc(C3(CN)CC3)n2)c1C. The quantitative estimate of drug-likeness (QED) is 0.897. The van der Waals surface area contributed by atoms with Crippen LogP contribution in [0.1, 0.15) is 29.7 Å². The first-order chi connectivity index (χ1) is 8.66. The first kappa shape index (κ1) is 11.5. The highest BCUT2D eigenvalue weighted by atomic mass is 15.3. The van der Waals surface area contributed by atoms with E-state index in [4.69, 9.17) is 10.8 Å². The van der Waals surface area contributed by atoms with Gasteiger partial charge in [-0.2, -0.15) is 5.10 Å². The molecule has 1 heterocycles. The second-order valence-corrected chi connectivity index (χ2v) is 5.35. The van der Waals surface area contributed by atoms with Crippen LogP contribution in [0.4, 0.5) is 0 Å². The lowest BCUT2D eigenvalue weighted by molar-refractivity contribution is 0.660. The first-order valence-electron chi connectivity index (χ1n) is 6.49. The van der Waals surface area contributed by atoms with Gasteiger partial charge in [0.25, 0.3) is 0 Å². The van der Waals surface area contributed by atoms with Crippen molar-refractivity contribution < 1.29 is 0 Å². The molecule has 1 aromatic heterocycles. The molecule has 2 N–H and O–H groups in total. The zero-order chi connectivity index (χ0) is 12.8. The molecule has 0 atom stereocenters. The number of hydrogen-bond donors (Lipinski definition) is 1. The van der Waals surface area contributed by atoms with Gasteiger partial charge in [-0.3, -0.25) is 0 Å². The Kier molecular flexibility index (Phi) is 2.52. The highest BCUT2D eigenvalue weighted by molar-refractivity contribution is 5.44. The van der Waals surface area contributed by atoms with Gasteiger partial charge < -0.3 is 5.73 Å². The van der Waals surface area contributed by atoms with Gasteiger partial charge in [0.1, 0.15) is 0 Å². The van der Waals surface area contributed by atoms with Gasteiger partial charge in [-0.15, -0.1) is 0 Å². The van der Waals surface area contributed by atoms with E-state index in [2.05, 4.69) is 38.1 Å². The lowest BCUT2D eigenvalue weighted by Crippen LogP contribution is -2.20. The third-order valence-corrected chi connectivity index (χ3v) is 4.20. The van der Waals surface area contributed by atoms with Gasteiger partial charge in [-0.25, -0.2) is 4.68 Å². The monoisotopic (exact) mass is 241 g/mol. The van der Waals surface area contributed by atoms with Crippen LogP contribution in [-0.4, -0.2) is 16.3 Å². The van der Waals surface area contributed by atoms with Gasteiger partial charge in [0, 0.05) is 18.2 Å². The molecule has 0 aliphatic heterocycles. The van der Waals surface area contributed by atoms with Gasteiger partial charge >= 0.3 is 0 Å². The molecule has 2 aromatic rings. The van der Waals surface area contributed by atoms with Crippen molar-refractivity contribution in [2.24, 2.45) is 5.73 Å². The van der Waals surface area contributed by atoms with Crippen molar-refractivity contribution >= 4 is 0 Å². The average Bonchev–Trinajstić information content (AvgIpc) is 3.03. The Morgan fingerprint density at radius 3 is 2.72 bits per heavy atom. The summed E-state index contributed by atoms with van der Waals surface area (Å²) in [5.41, 5.74) is 10.9. The Labute approximate surface area is 108 Å². The average molecular weight is 241 g/mol. The largest absolute Gasteiger partial charge is 0.330 e. The van der Waals surface area contributed by atoms with Crippen molar-refractivity contribution in [3.8, 4) is 5.69 Å². The Balaban J connectivity index is 2.01. The summed E-state index contributed by atoms with van der Waals surface area (Å²) in [5, 5.41) is 4.72. The zero-order valence-electron chi connectivity index (χ0n) is 11.0. The molecule has 0 unspecified atom stereocenters. The van der Waals surface area contributed by atoms with Crippen molar-refractivity contribution in [2.75, 3.05) is 6.54 Å². The molecule has 3 heteroatoms. The minimum Gasteiger partial charge on any atom is -0.330 e. The van der Waals surface area contributed by atoms with E-state index in [1.165, 1.54) is 24.0 Å². The lowest BCUT2D eigenvalue weighted by Gasteiger charge is -2.10. The van der Waals surface area contributed by atoms with Crippen LogP contribution in [0.15, 0.2) is 30.5 Å². The minimum absolute atomic E-state index is 0.170. The van der Waals surface area contributed by atoms with Crippen LogP contribution in [0.2, 0.25) is 0 Å². The molecule has 0 radical (unpaired) electrons. The standard InChI is InChI=1S/C15H19N3/c1-11-4-3-5-13(12(11)2)18-9-6-14(17-18)15(10-16)7-8-15/h3-6,9H,7-8,10,16H2,1-2H3. The molecule has 1 aliphatic rings. The van der Waals surface area contributed by atoms with E-state index in [-0.39, 0.29) is 5.41 Å². The maximum absolute atomic E-state index is 5.85. The molecule has 1 fully saturated rings. The highest BCUT2D eigenvalue weighted by Crippen LogP contribution is 2.46. The molecule has 0 bridgehead atoms. The lowest BCUT2D eigenvalue weighted by atomic mass is 10.0. The molecule has 0 spiro atoms. The van der Waals surface area contributed by atoms with E-state index in [0.717, 1.165) is 11.4 Å². The van der Waals surface area contributed by atoms with Crippen molar-refractivity contribution in [1.29, 1.82) is 0 Å². The van der Waals surface area contributed by atoms with Crippen LogP contribution in [-0.2, 0) is 5.41 Å². The summed E-state index contributed by atoms with van der Waals surface area (Å²) in [5.74, 6) is 0. The Morgan fingerprint density at radius 1 is 1.28 bits per heavy atom. The van der Waals surface area contributed by atoms with E-state index in [0.29, 0.717) is 6.54 Å². The van der Waals surface area contributed by atoms with E-state index in [9.17, 15) is 0 Å². The first-order valence-corrected chi connectivity index (χ1v) is 6.49. The van der Waals surface area contributed by atoms with Crippen LogP contribution < -0.4 is 5.73 Å². The predicted octanol–water partition coefficient (Wildman–Crippen LogP) is 2.48. The van der Waals surface area contributed by atoms with Crippen molar-refractivity contribution in [3.63, 3.8) is 0 Å². The maximum Gasteiger partial charge on any atom is 0.0703 e. The van der Waals surface area contributed by atoms with Crippen LogP contribution >= 0.6 is 0 Å². The fourth-order valence-corrected chi connectivity index (χ4v) is 2.44. The Bertz CT molecular complexity index is 579. The molecule has 3 rings (SSSR count). The highest BCUT2D eigenvalue weighted by Gasteiger charge is 2.44. The third-order valence-electron chi connectivity index (χ3n) is 4.20. The summed E-state index contributed by atoms with van der Waals surface area (Å²) in [6, 6.07) is 8.43. The zero-order valence-corrected chi connectivity index (χ0v) is 11.0. The molecular formula is C15H19N3. The van der Waals surface area contributed by atoms with Gasteiger partial charge in [0.2, 0.25) is 0 Å². The Morgan fingerprint density at radius 2 is 2.06 bits per heavy atom. The van der Waals surface area contributed by atoms with Crippen LogP contribution in [0.25, 0.3) is 5.69 Å². The molecular weight excluding hydrogens is 222 g/mol. The Hall–Kier alpha value is -1.61. The fourth-order valence-electron chi connectivity index (χ4n) is 2.44. The number of benzene rings is 1. The molecule has 0 amide bonds. The van der Waals surface area contributed by atoms with Crippen LogP contribution in [0, 0.1) is 13.8 Å². The summed E-state index contributed by atoms with van der Waals surface area (Å²) in [6.45, 7) is 4.98. The summed E-state index contributed by atoms with van der Waals surface area (Å²) < 4.78 is 1.98. The van der Waals surface area contributed by atoms with Crippen molar-refractivity contribution in [1.82, 2.24) is 9.78 Å². The number of rotatable bonds is 3. The molecule has 0 saturated heterocycles. The van der Waals surface area contributed by atoms with E-state index in [1.54, 1.807) is 0 Å². The second kappa shape index (κ2) is 3.95. The van der Waals surface area contributed by atoms with E-state index in [1.807, 2.05) is 10.9 Å². The summed E-state index contributed by atoms with van der Waals surface area (Å²) >= 11 is 0. The molecule has 18 heavy (non-hydrogen) atoms. The number of aryl methyl sites for hydroxylation is 1. The van der Waals surface area contributed by atoms with Gasteiger partial charge in [-0.1, -0.05) is 12.1 Å². The summed E-state index contributed by atoms with van der Waals surface area (Å²) in [7, 11) is 0. The number of nitrogens with zero attached hydrogens (tertiary/aromatic N) is 2. The maximum atomic E-state index is 5.85. The van der Waals surface area contributed by atoms with Gasteiger partial charge in [0.05, 0.1) is 11.4 Å². The molecule has 94 valence electrons. The van der Waals surface area contributed by atoms with Crippen LogP contribution in [0.3, 0.4) is 0 Å². The second-order valence-electron chi connectivity index (χ2n) is 5.35. The minimum atomic E-state index is 0.170. The fraction of sp³-hybridized carbons (Fsp3) is 0.400. The van der Waals surface area contributed by atoms with Gasteiger partial charge in [-0.05, 0) is 49.9 Å². The number of hydrogen-bond acceptors (Lipinski definition) is 2. The number of aromatic nitrogens is 2. The predicted molar refractivity (Wildman–Crippen MR) is 73.0 cm³/mol. The van der Waals surface area contributed by atoms with E-state index >= 15 is 0 Å². The number of nitrogens with two attached hydrogens (primary N) is 1. The van der Waals surface area contributed by atoms with Crippen molar-refractivity contribution in [3.05, 3.63) is 47.3 Å². The molecule has 3 nitrogen and oxygen atoms in total. The topological polar surface area (TPSA) is 43.8 Å². The summed E-state index contributed by atoms with van der Waals surface area (Å²) in [6.07, 6.45) is 4.40. The smallest absolute Gasteiger partial charge is 0.0703 e. The molecule has 1 aromatic carbocycles.